The van der Waals surface area contributed by atoms with Crippen LogP contribution in [0.5, 0.6) is 0 Å². The van der Waals surface area contributed by atoms with Gasteiger partial charge in [0.1, 0.15) is 0 Å². The molecule has 2 aromatic rings. The van der Waals surface area contributed by atoms with E-state index in [2.05, 4.69) is 4.90 Å². The number of benzene rings is 1. The van der Waals surface area contributed by atoms with Crippen LogP contribution in [0.4, 0.5) is 5.69 Å². The van der Waals surface area contributed by atoms with E-state index in [4.69, 9.17) is 9.15 Å². The first kappa shape index (κ1) is 22.1. The minimum atomic E-state index is -0.666. The van der Waals surface area contributed by atoms with Gasteiger partial charge >= 0.3 is 0 Å². The number of rotatable bonds is 8. The number of furan rings is 1. The molecule has 8 heteroatoms. The molecule has 0 spiro atoms. The fraction of sp³-hybridized carbons (Fsp3) is 0.417. The van der Waals surface area contributed by atoms with Gasteiger partial charge in [0.05, 0.1) is 31.1 Å². The van der Waals surface area contributed by atoms with E-state index in [0.717, 1.165) is 37.3 Å². The Labute approximate surface area is 187 Å². The van der Waals surface area contributed by atoms with Crippen LogP contribution < -0.4 is 4.90 Å². The number of hydrogen-bond acceptors (Lipinski definition) is 7. The highest BCUT2D eigenvalue weighted by molar-refractivity contribution is 6.15. The van der Waals surface area contributed by atoms with Crippen molar-refractivity contribution in [2.75, 3.05) is 58.4 Å². The SMILES string of the molecule is CN(C)c1ccc([C@H]2C(C(=O)c3ccco3)=C(O)C(=O)N2CCCN2CCOCC2)cc1. The van der Waals surface area contributed by atoms with Crippen LogP contribution in [0.25, 0.3) is 0 Å². The van der Waals surface area contributed by atoms with Crippen LogP contribution >= 0.6 is 0 Å². The normalized spacial score (nSPS) is 19.6. The molecule has 0 bridgehead atoms. The monoisotopic (exact) mass is 439 g/mol. The van der Waals surface area contributed by atoms with E-state index >= 15 is 0 Å². The number of aliphatic hydroxyl groups excluding tert-OH is 1. The lowest BCUT2D eigenvalue weighted by atomic mass is 9.94. The standard InChI is InChI=1S/C24H29N3O5/c1-25(2)18-8-6-17(7-9-18)21-20(22(28)19-5-3-14-32-19)23(29)24(30)27(21)11-4-10-26-12-15-31-16-13-26/h3,5-9,14,21,29H,4,10-13,15-16H2,1-2H3/t21-/m0/s1. The van der Waals surface area contributed by atoms with Gasteiger partial charge in [-0.1, -0.05) is 12.1 Å². The maximum Gasteiger partial charge on any atom is 0.290 e. The highest BCUT2D eigenvalue weighted by atomic mass is 16.5. The van der Waals surface area contributed by atoms with Gasteiger partial charge in [0, 0.05) is 46.0 Å². The van der Waals surface area contributed by atoms with Crippen molar-refractivity contribution in [1.29, 1.82) is 0 Å². The molecule has 32 heavy (non-hydrogen) atoms. The van der Waals surface area contributed by atoms with Crippen LogP contribution in [0.1, 0.15) is 28.6 Å². The molecule has 3 heterocycles. The third kappa shape index (κ3) is 4.42. The summed E-state index contributed by atoms with van der Waals surface area (Å²) >= 11 is 0. The Morgan fingerprint density at radius 2 is 1.84 bits per heavy atom. The number of carbonyl (C=O) groups is 2. The Balaban J connectivity index is 1.60. The Bertz CT molecular complexity index is 976. The van der Waals surface area contributed by atoms with Gasteiger partial charge in [-0.3, -0.25) is 14.5 Å². The fourth-order valence-corrected chi connectivity index (χ4v) is 4.25. The molecule has 0 saturated carbocycles. The number of nitrogens with zero attached hydrogens (tertiary/aromatic N) is 3. The topological polar surface area (TPSA) is 86.5 Å². The van der Waals surface area contributed by atoms with E-state index in [-0.39, 0.29) is 11.3 Å². The first-order valence-corrected chi connectivity index (χ1v) is 10.9. The Hall–Kier alpha value is -3.10. The second kappa shape index (κ2) is 9.58. The van der Waals surface area contributed by atoms with Crippen LogP contribution in [-0.2, 0) is 9.53 Å². The van der Waals surface area contributed by atoms with Gasteiger partial charge in [-0.05, 0) is 36.2 Å². The maximum absolute atomic E-state index is 13.2. The predicted molar refractivity (Wildman–Crippen MR) is 120 cm³/mol. The molecule has 8 nitrogen and oxygen atoms in total. The molecule has 1 N–H and O–H groups in total. The summed E-state index contributed by atoms with van der Waals surface area (Å²) in [7, 11) is 3.90. The van der Waals surface area contributed by atoms with Gasteiger partial charge in [-0.2, -0.15) is 0 Å². The van der Waals surface area contributed by atoms with Crippen LogP contribution in [0.3, 0.4) is 0 Å². The summed E-state index contributed by atoms with van der Waals surface area (Å²) in [5.41, 5.74) is 1.84. The lowest BCUT2D eigenvalue weighted by molar-refractivity contribution is -0.129. The zero-order chi connectivity index (χ0) is 22.7. The minimum Gasteiger partial charge on any atom is -0.503 e. The number of morpholine rings is 1. The average molecular weight is 440 g/mol. The first-order valence-electron chi connectivity index (χ1n) is 10.9. The summed E-state index contributed by atoms with van der Waals surface area (Å²) in [6, 6.07) is 10.2. The number of ketones is 1. The molecule has 170 valence electrons. The molecule has 2 aliphatic heterocycles. The molecular formula is C24H29N3O5. The van der Waals surface area contributed by atoms with Crippen molar-refractivity contribution in [2.45, 2.75) is 12.5 Å². The first-order chi connectivity index (χ1) is 15.5. The molecule has 1 amide bonds. The van der Waals surface area contributed by atoms with Crippen molar-refractivity contribution in [3.05, 3.63) is 65.3 Å². The molecule has 0 radical (unpaired) electrons. The van der Waals surface area contributed by atoms with Crippen LogP contribution in [-0.4, -0.2) is 80.1 Å². The van der Waals surface area contributed by atoms with E-state index in [9.17, 15) is 14.7 Å². The van der Waals surface area contributed by atoms with Crippen molar-refractivity contribution in [1.82, 2.24) is 9.80 Å². The van der Waals surface area contributed by atoms with Crippen molar-refractivity contribution in [3.8, 4) is 0 Å². The predicted octanol–water partition coefficient (Wildman–Crippen LogP) is 2.65. The van der Waals surface area contributed by atoms with E-state index in [1.165, 1.54) is 6.26 Å². The summed E-state index contributed by atoms with van der Waals surface area (Å²) in [5, 5.41) is 10.7. The van der Waals surface area contributed by atoms with E-state index in [1.807, 2.05) is 43.3 Å². The summed E-state index contributed by atoms with van der Waals surface area (Å²) in [6.45, 7) is 4.42. The molecule has 1 aromatic heterocycles. The van der Waals surface area contributed by atoms with Crippen molar-refractivity contribution < 1.29 is 23.8 Å². The van der Waals surface area contributed by atoms with Gasteiger partial charge in [-0.15, -0.1) is 0 Å². The third-order valence-corrected chi connectivity index (χ3v) is 6.00. The third-order valence-electron chi connectivity index (χ3n) is 6.00. The van der Waals surface area contributed by atoms with Gasteiger partial charge < -0.3 is 24.1 Å². The molecule has 1 aromatic carbocycles. The zero-order valence-corrected chi connectivity index (χ0v) is 18.5. The molecule has 2 aliphatic rings. The lowest BCUT2D eigenvalue weighted by Gasteiger charge is -2.30. The number of hydrogen-bond donors (Lipinski definition) is 1. The summed E-state index contributed by atoms with van der Waals surface area (Å²) in [4.78, 5) is 32.1. The summed E-state index contributed by atoms with van der Waals surface area (Å²) < 4.78 is 10.7. The largest absolute Gasteiger partial charge is 0.503 e. The van der Waals surface area contributed by atoms with Crippen LogP contribution in [0, 0.1) is 0 Å². The average Bonchev–Trinajstić information content (AvgIpc) is 3.43. The van der Waals surface area contributed by atoms with Gasteiger partial charge in [0.15, 0.2) is 11.5 Å². The summed E-state index contributed by atoms with van der Waals surface area (Å²) in [6.07, 6.45) is 2.14. The Morgan fingerprint density at radius 1 is 1.12 bits per heavy atom. The molecule has 1 saturated heterocycles. The molecule has 1 fully saturated rings. The van der Waals surface area contributed by atoms with Gasteiger partial charge in [0.25, 0.3) is 5.91 Å². The Morgan fingerprint density at radius 3 is 2.47 bits per heavy atom. The lowest BCUT2D eigenvalue weighted by Crippen LogP contribution is -2.39. The number of aliphatic hydroxyl groups is 1. The zero-order valence-electron chi connectivity index (χ0n) is 18.5. The molecule has 4 rings (SSSR count). The van der Waals surface area contributed by atoms with Gasteiger partial charge in [-0.25, -0.2) is 0 Å². The number of Topliss-reactive ketones (excluding diaryl/α,β-unsaturated/α-hetero) is 1. The van der Waals surface area contributed by atoms with Crippen molar-refractivity contribution in [2.24, 2.45) is 0 Å². The Kier molecular flexibility index (Phi) is 6.62. The highest BCUT2D eigenvalue weighted by Gasteiger charge is 2.44. The quantitative estimate of drug-likeness (QED) is 0.633. The molecule has 0 aliphatic carbocycles. The summed E-state index contributed by atoms with van der Waals surface area (Å²) in [5.74, 6) is -1.40. The second-order valence-corrected chi connectivity index (χ2v) is 8.26. The number of ether oxygens (including phenoxy) is 1. The number of anilines is 1. The molecule has 1 atom stereocenters. The molecular weight excluding hydrogens is 410 g/mol. The maximum atomic E-state index is 13.2. The van der Waals surface area contributed by atoms with Crippen molar-refractivity contribution in [3.63, 3.8) is 0 Å². The number of carbonyl (C=O) groups excluding carboxylic acids is 2. The highest BCUT2D eigenvalue weighted by Crippen LogP contribution is 2.39. The number of amides is 1. The molecule has 0 unspecified atom stereocenters. The van der Waals surface area contributed by atoms with Gasteiger partial charge in [0.2, 0.25) is 5.78 Å². The van der Waals surface area contributed by atoms with Crippen LogP contribution in [0.2, 0.25) is 0 Å². The van der Waals surface area contributed by atoms with E-state index in [1.54, 1.807) is 17.0 Å². The smallest absolute Gasteiger partial charge is 0.290 e. The van der Waals surface area contributed by atoms with Crippen LogP contribution in [0.15, 0.2) is 58.4 Å². The second-order valence-electron chi connectivity index (χ2n) is 8.26. The van der Waals surface area contributed by atoms with Crippen molar-refractivity contribution >= 4 is 17.4 Å². The van der Waals surface area contributed by atoms with E-state index in [0.29, 0.717) is 19.8 Å². The minimum absolute atomic E-state index is 0.0638. The van der Waals surface area contributed by atoms with E-state index < -0.39 is 23.5 Å². The fourth-order valence-electron chi connectivity index (χ4n) is 4.25.